The van der Waals surface area contributed by atoms with Gasteiger partial charge in [-0.3, -0.25) is 4.98 Å². The van der Waals surface area contributed by atoms with Crippen LogP contribution in [0.3, 0.4) is 0 Å². The minimum atomic E-state index is 1.19. The van der Waals surface area contributed by atoms with E-state index in [0.717, 1.165) is 0 Å². The normalized spacial score (nSPS) is 11.5. The zero-order chi connectivity index (χ0) is 22.4. The summed E-state index contributed by atoms with van der Waals surface area (Å²) in [5.41, 5.74) is 5.10. The van der Waals surface area contributed by atoms with E-state index in [1.165, 1.54) is 64.4 Å². The van der Waals surface area contributed by atoms with E-state index in [4.69, 9.17) is 0 Å². The van der Waals surface area contributed by atoms with Crippen LogP contribution in [0.1, 0.15) is 11.1 Å². The van der Waals surface area contributed by atoms with Crippen molar-refractivity contribution in [2.75, 3.05) is 0 Å². The topological polar surface area (TPSA) is 12.9 Å². The van der Waals surface area contributed by atoms with Gasteiger partial charge < -0.3 is 0 Å². The van der Waals surface area contributed by atoms with Crippen molar-refractivity contribution in [3.05, 3.63) is 115 Å². The highest BCUT2D eigenvalue weighted by atomic mass is 32.2. The molecule has 0 aliphatic carbocycles. The van der Waals surface area contributed by atoms with Gasteiger partial charge in [0.2, 0.25) is 0 Å². The average Bonchev–Trinajstić information content (AvgIpc) is 2.83. The van der Waals surface area contributed by atoms with Crippen molar-refractivity contribution in [1.82, 2.24) is 4.98 Å². The van der Waals surface area contributed by atoms with Gasteiger partial charge in [-0.1, -0.05) is 84.6 Å². The lowest BCUT2D eigenvalue weighted by molar-refractivity contribution is 1.29. The van der Waals surface area contributed by atoms with E-state index >= 15 is 0 Å². The average molecular weight is 442 g/mol. The number of aromatic nitrogens is 1. The monoisotopic (exact) mass is 441 g/mol. The Hall–Kier alpha value is -3.62. The third-order valence-electron chi connectivity index (χ3n) is 6.25. The molecule has 33 heavy (non-hydrogen) atoms. The second-order valence-electron chi connectivity index (χ2n) is 8.62. The molecule has 0 bridgehead atoms. The van der Waals surface area contributed by atoms with Gasteiger partial charge in [0.15, 0.2) is 0 Å². The Kier molecular flexibility index (Phi) is 4.89. The molecule has 0 N–H and O–H groups in total. The van der Waals surface area contributed by atoms with Crippen LogP contribution in [0.15, 0.2) is 113 Å². The number of nitrogens with zero attached hydrogens (tertiary/aromatic N) is 1. The zero-order valence-corrected chi connectivity index (χ0v) is 19.5. The highest BCUT2D eigenvalue weighted by molar-refractivity contribution is 7.99. The van der Waals surface area contributed by atoms with Gasteiger partial charge in [-0.25, -0.2) is 0 Å². The molecule has 0 radical (unpaired) electrons. The number of fused-ring (bicyclic) bond motifs is 3. The summed E-state index contributed by atoms with van der Waals surface area (Å²) in [7, 11) is 0. The van der Waals surface area contributed by atoms with Crippen molar-refractivity contribution in [2.24, 2.45) is 0 Å². The highest BCUT2D eigenvalue weighted by Crippen LogP contribution is 2.46. The number of hydrogen-bond acceptors (Lipinski definition) is 2. The molecule has 1 heterocycles. The van der Waals surface area contributed by atoms with Gasteiger partial charge >= 0.3 is 0 Å². The minimum Gasteiger partial charge on any atom is -0.264 e. The summed E-state index contributed by atoms with van der Waals surface area (Å²) in [5.74, 6) is 0. The van der Waals surface area contributed by atoms with Crippen molar-refractivity contribution < 1.29 is 0 Å². The molecule has 1 aromatic heterocycles. The van der Waals surface area contributed by atoms with E-state index in [0.29, 0.717) is 0 Å². The summed E-state index contributed by atoms with van der Waals surface area (Å²) in [4.78, 5) is 7.11. The fourth-order valence-corrected chi connectivity index (χ4v) is 6.24. The van der Waals surface area contributed by atoms with E-state index in [9.17, 15) is 0 Å². The predicted molar refractivity (Wildman–Crippen MR) is 142 cm³/mol. The molecular weight excluding hydrogens is 418 g/mol. The third-order valence-corrected chi connectivity index (χ3v) is 7.37. The fraction of sp³-hybridized carbons (Fsp3) is 0.0645. The lowest BCUT2D eigenvalue weighted by Crippen LogP contribution is -1.91. The van der Waals surface area contributed by atoms with Crippen molar-refractivity contribution >= 4 is 44.1 Å². The maximum Gasteiger partial charge on any atom is 0.0353 e. The van der Waals surface area contributed by atoms with Gasteiger partial charge in [0.1, 0.15) is 0 Å². The van der Waals surface area contributed by atoms with E-state index in [-0.39, 0.29) is 0 Å². The van der Waals surface area contributed by atoms with Crippen molar-refractivity contribution in [3.63, 3.8) is 0 Å². The van der Waals surface area contributed by atoms with Gasteiger partial charge in [-0.05, 0) is 81.2 Å². The molecule has 1 nitrogen and oxygen atoms in total. The van der Waals surface area contributed by atoms with Gasteiger partial charge in [-0.2, -0.15) is 0 Å². The second-order valence-corrected chi connectivity index (χ2v) is 9.71. The molecular formula is C31H23NS. The first-order valence-electron chi connectivity index (χ1n) is 11.2. The largest absolute Gasteiger partial charge is 0.264 e. The maximum absolute atomic E-state index is 4.55. The molecule has 0 amide bonds. The number of aryl methyl sites for hydroxylation is 2. The molecule has 6 rings (SSSR count). The van der Waals surface area contributed by atoms with Gasteiger partial charge in [0.25, 0.3) is 0 Å². The van der Waals surface area contributed by atoms with Crippen LogP contribution >= 0.6 is 11.8 Å². The number of benzene rings is 5. The van der Waals surface area contributed by atoms with Crippen LogP contribution in [0.5, 0.6) is 0 Å². The Bertz CT molecular complexity index is 1580. The van der Waals surface area contributed by atoms with Crippen LogP contribution in [0.25, 0.3) is 43.4 Å². The SMILES string of the molecule is Cc1cc(C)cc(Sc2c3ccccc3c(-c3cccc4ccccc34)c3cnccc23)c1. The van der Waals surface area contributed by atoms with Gasteiger partial charge in [-0.15, -0.1) is 0 Å². The summed E-state index contributed by atoms with van der Waals surface area (Å²) < 4.78 is 0. The molecule has 6 aromatic rings. The number of pyridine rings is 1. The Morgan fingerprint density at radius 2 is 1.27 bits per heavy atom. The van der Waals surface area contributed by atoms with Crippen molar-refractivity contribution in [1.29, 1.82) is 0 Å². The molecule has 0 unspecified atom stereocenters. The smallest absolute Gasteiger partial charge is 0.0353 e. The lowest BCUT2D eigenvalue weighted by atomic mass is 9.90. The van der Waals surface area contributed by atoms with Crippen molar-refractivity contribution in [2.45, 2.75) is 23.6 Å². The Balaban J connectivity index is 1.72. The molecule has 158 valence electrons. The summed E-state index contributed by atoms with van der Waals surface area (Å²) >= 11 is 1.85. The van der Waals surface area contributed by atoms with Crippen LogP contribution in [0.2, 0.25) is 0 Å². The zero-order valence-electron chi connectivity index (χ0n) is 18.7. The summed E-state index contributed by atoms with van der Waals surface area (Å²) in [6, 6.07) is 33.0. The molecule has 0 spiro atoms. The van der Waals surface area contributed by atoms with E-state index < -0.39 is 0 Å². The molecule has 0 aliphatic heterocycles. The first-order valence-corrected chi connectivity index (χ1v) is 12.0. The van der Waals surface area contributed by atoms with Crippen LogP contribution in [0.4, 0.5) is 0 Å². The van der Waals surface area contributed by atoms with E-state index in [1.54, 1.807) is 0 Å². The lowest BCUT2D eigenvalue weighted by Gasteiger charge is -2.18. The highest BCUT2D eigenvalue weighted by Gasteiger charge is 2.17. The van der Waals surface area contributed by atoms with Gasteiger partial charge in [0.05, 0.1) is 0 Å². The predicted octanol–water partition coefficient (Wildman–Crippen LogP) is 8.98. The third kappa shape index (κ3) is 3.48. The fourth-order valence-electron chi connectivity index (χ4n) is 4.93. The number of rotatable bonds is 3. The Labute approximate surface area is 198 Å². The van der Waals surface area contributed by atoms with Crippen LogP contribution in [-0.2, 0) is 0 Å². The Morgan fingerprint density at radius 1 is 0.606 bits per heavy atom. The number of hydrogen-bond donors (Lipinski definition) is 0. The second kappa shape index (κ2) is 8.06. The molecule has 0 saturated heterocycles. The van der Waals surface area contributed by atoms with Crippen molar-refractivity contribution in [3.8, 4) is 11.1 Å². The molecule has 0 saturated carbocycles. The van der Waals surface area contributed by atoms with Gasteiger partial charge in [0, 0.05) is 27.6 Å². The molecule has 0 fully saturated rings. The molecule has 2 heteroatoms. The summed E-state index contributed by atoms with van der Waals surface area (Å²) in [6.07, 6.45) is 3.94. The Morgan fingerprint density at radius 3 is 2.09 bits per heavy atom. The molecule has 0 aliphatic rings. The minimum absolute atomic E-state index is 1.19. The molecule has 0 atom stereocenters. The summed E-state index contributed by atoms with van der Waals surface area (Å²) in [5, 5.41) is 7.51. The van der Waals surface area contributed by atoms with Crippen LogP contribution in [-0.4, -0.2) is 4.98 Å². The molecule has 5 aromatic carbocycles. The standard InChI is InChI=1S/C31H23NS/c1-20-16-21(2)18-23(17-20)33-31-27-12-6-5-11-26(27)30(29-19-32-15-14-28(29)31)25-13-7-9-22-8-3-4-10-24(22)25/h3-19H,1-2H3. The van der Waals surface area contributed by atoms with Crippen LogP contribution < -0.4 is 0 Å². The quantitative estimate of drug-likeness (QED) is 0.254. The summed E-state index contributed by atoms with van der Waals surface area (Å²) in [6.45, 7) is 4.33. The maximum atomic E-state index is 4.55. The van der Waals surface area contributed by atoms with E-state index in [1.807, 2.05) is 24.2 Å². The van der Waals surface area contributed by atoms with Crippen LogP contribution in [0, 0.1) is 13.8 Å². The first-order chi connectivity index (χ1) is 16.2. The van der Waals surface area contributed by atoms with E-state index in [2.05, 4.69) is 110 Å². The first kappa shape index (κ1) is 20.0.